The predicted molar refractivity (Wildman–Crippen MR) is 119 cm³/mol. The third-order valence-corrected chi connectivity index (χ3v) is 6.36. The summed E-state index contributed by atoms with van der Waals surface area (Å²) >= 11 is 0. The van der Waals surface area contributed by atoms with Crippen LogP contribution in [-0.2, 0) is 14.3 Å². The molecule has 2 amide bonds. The molecular weight excluding hydrogens is 415 g/mol. The standard InChI is InChI=1S/C20H36N4O3.2ClH/c1-2-22-9-3-5-17(22)15-24-14-16(13-19(24)25)20(26)23-10-6-18(7-11-23)27-12-4-8-21;;/h16-18H,2-15,21H2,1H3;2*1H. The van der Waals surface area contributed by atoms with Crippen LogP contribution in [0, 0.1) is 5.92 Å². The zero-order chi connectivity index (χ0) is 19.2. The van der Waals surface area contributed by atoms with Gasteiger partial charge in [-0.05, 0) is 51.7 Å². The fraction of sp³-hybridized carbons (Fsp3) is 0.900. The Morgan fingerprint density at radius 2 is 1.90 bits per heavy atom. The number of amides is 2. The number of piperidine rings is 1. The molecular formula is C20H38Cl2N4O3. The summed E-state index contributed by atoms with van der Waals surface area (Å²) < 4.78 is 5.82. The van der Waals surface area contributed by atoms with E-state index in [9.17, 15) is 9.59 Å². The van der Waals surface area contributed by atoms with Gasteiger partial charge in [-0.1, -0.05) is 6.92 Å². The Bertz CT molecular complexity index is 518. The number of carbonyl (C=O) groups is 2. The molecule has 2 N–H and O–H groups in total. The molecule has 3 heterocycles. The molecule has 7 nitrogen and oxygen atoms in total. The van der Waals surface area contributed by atoms with Gasteiger partial charge in [0, 0.05) is 45.2 Å². The van der Waals surface area contributed by atoms with Gasteiger partial charge in [-0.3, -0.25) is 14.5 Å². The summed E-state index contributed by atoms with van der Waals surface area (Å²) in [5, 5.41) is 0. The molecule has 0 bridgehead atoms. The molecule has 0 aromatic rings. The number of ether oxygens (including phenoxy) is 1. The summed E-state index contributed by atoms with van der Waals surface area (Å²) in [6, 6.07) is 0.467. The van der Waals surface area contributed by atoms with Gasteiger partial charge in [-0.25, -0.2) is 0 Å². The van der Waals surface area contributed by atoms with Crippen LogP contribution in [0.3, 0.4) is 0 Å². The maximum atomic E-state index is 12.9. The Balaban J connectivity index is 0.00000210. The lowest BCUT2D eigenvalue weighted by Crippen LogP contribution is -2.45. The summed E-state index contributed by atoms with van der Waals surface area (Å²) in [6.07, 6.45) is 5.65. The second kappa shape index (κ2) is 13.0. The molecule has 3 aliphatic rings. The number of hydrogen-bond acceptors (Lipinski definition) is 5. The minimum absolute atomic E-state index is 0. The van der Waals surface area contributed by atoms with Gasteiger partial charge in [0.05, 0.1) is 12.0 Å². The SMILES string of the molecule is CCN1CCCC1CN1CC(C(=O)N2CCC(OCCCN)CC2)CC1=O.Cl.Cl. The van der Waals surface area contributed by atoms with Crippen LogP contribution in [-0.4, -0.2) is 91.1 Å². The van der Waals surface area contributed by atoms with E-state index in [1.807, 2.05) is 9.80 Å². The lowest BCUT2D eigenvalue weighted by molar-refractivity contribution is -0.138. The van der Waals surface area contributed by atoms with Crippen LogP contribution in [0.1, 0.15) is 45.4 Å². The molecule has 0 aromatic heterocycles. The number of nitrogens with two attached hydrogens (primary N) is 1. The van der Waals surface area contributed by atoms with E-state index < -0.39 is 0 Å². The highest BCUT2D eigenvalue weighted by Gasteiger charge is 2.39. The fourth-order valence-corrected chi connectivity index (χ4v) is 4.72. The summed E-state index contributed by atoms with van der Waals surface area (Å²) in [4.78, 5) is 31.7. The second-order valence-corrected chi connectivity index (χ2v) is 8.16. The van der Waals surface area contributed by atoms with Crippen molar-refractivity contribution < 1.29 is 14.3 Å². The molecule has 3 fully saturated rings. The number of hydrogen-bond donors (Lipinski definition) is 1. The van der Waals surface area contributed by atoms with Crippen molar-refractivity contribution in [2.24, 2.45) is 11.7 Å². The Kier molecular flexibility index (Phi) is 11.8. The quantitative estimate of drug-likeness (QED) is 0.564. The van der Waals surface area contributed by atoms with Crippen molar-refractivity contribution in [2.75, 3.05) is 52.4 Å². The highest BCUT2D eigenvalue weighted by molar-refractivity contribution is 5.89. The maximum absolute atomic E-state index is 12.9. The predicted octanol–water partition coefficient (Wildman–Crippen LogP) is 1.52. The molecule has 2 atom stereocenters. The van der Waals surface area contributed by atoms with Crippen molar-refractivity contribution in [1.82, 2.24) is 14.7 Å². The minimum Gasteiger partial charge on any atom is -0.378 e. The topological polar surface area (TPSA) is 79.1 Å². The van der Waals surface area contributed by atoms with E-state index in [4.69, 9.17) is 10.5 Å². The van der Waals surface area contributed by atoms with Crippen molar-refractivity contribution in [1.29, 1.82) is 0 Å². The molecule has 0 aliphatic carbocycles. The Morgan fingerprint density at radius 3 is 2.55 bits per heavy atom. The molecule has 9 heteroatoms. The number of likely N-dealkylation sites (tertiary alicyclic amines) is 3. The average molecular weight is 453 g/mol. The van der Waals surface area contributed by atoms with Crippen LogP contribution < -0.4 is 5.73 Å². The van der Waals surface area contributed by atoms with Gasteiger partial charge < -0.3 is 20.3 Å². The van der Waals surface area contributed by atoms with E-state index in [0.717, 1.165) is 58.4 Å². The van der Waals surface area contributed by atoms with Crippen molar-refractivity contribution in [2.45, 2.75) is 57.6 Å². The first-order valence-corrected chi connectivity index (χ1v) is 10.7. The van der Waals surface area contributed by atoms with Crippen LogP contribution in [0.25, 0.3) is 0 Å². The Labute approximate surface area is 187 Å². The molecule has 3 rings (SSSR count). The molecule has 0 radical (unpaired) electrons. The number of likely N-dealkylation sites (N-methyl/N-ethyl adjacent to an activating group) is 1. The fourth-order valence-electron chi connectivity index (χ4n) is 4.72. The zero-order valence-electron chi connectivity index (χ0n) is 17.6. The maximum Gasteiger partial charge on any atom is 0.227 e. The van der Waals surface area contributed by atoms with E-state index in [2.05, 4.69) is 11.8 Å². The van der Waals surface area contributed by atoms with Crippen molar-refractivity contribution in [3.05, 3.63) is 0 Å². The third kappa shape index (κ3) is 6.96. The van der Waals surface area contributed by atoms with Gasteiger partial charge >= 0.3 is 0 Å². The van der Waals surface area contributed by atoms with Crippen molar-refractivity contribution in [3.8, 4) is 0 Å². The molecule has 3 saturated heterocycles. The highest BCUT2D eigenvalue weighted by Crippen LogP contribution is 2.25. The molecule has 2 unspecified atom stereocenters. The second-order valence-electron chi connectivity index (χ2n) is 8.16. The first kappa shape index (κ1) is 26.4. The van der Waals surface area contributed by atoms with E-state index >= 15 is 0 Å². The summed E-state index contributed by atoms with van der Waals surface area (Å²) in [5.74, 6) is 0.144. The largest absolute Gasteiger partial charge is 0.378 e. The van der Waals surface area contributed by atoms with E-state index in [-0.39, 0.29) is 48.7 Å². The van der Waals surface area contributed by atoms with Crippen LogP contribution in [0.2, 0.25) is 0 Å². The van der Waals surface area contributed by atoms with Crippen LogP contribution in [0.5, 0.6) is 0 Å². The van der Waals surface area contributed by atoms with Crippen molar-refractivity contribution in [3.63, 3.8) is 0 Å². The van der Waals surface area contributed by atoms with E-state index in [1.54, 1.807) is 0 Å². The van der Waals surface area contributed by atoms with Gasteiger partial charge in [-0.2, -0.15) is 0 Å². The summed E-state index contributed by atoms with van der Waals surface area (Å²) in [5.41, 5.74) is 5.50. The molecule has 0 spiro atoms. The van der Waals surface area contributed by atoms with E-state index in [1.165, 1.54) is 6.42 Å². The van der Waals surface area contributed by atoms with Crippen molar-refractivity contribution >= 4 is 36.6 Å². The molecule has 0 aromatic carbocycles. The average Bonchev–Trinajstić information content (AvgIpc) is 3.29. The summed E-state index contributed by atoms with van der Waals surface area (Å²) in [6.45, 7) is 8.57. The number of nitrogens with zero attached hydrogens (tertiary/aromatic N) is 3. The number of rotatable bonds is 8. The van der Waals surface area contributed by atoms with E-state index in [0.29, 0.717) is 32.2 Å². The minimum atomic E-state index is -0.163. The van der Waals surface area contributed by atoms with Crippen LogP contribution >= 0.6 is 24.8 Å². The van der Waals surface area contributed by atoms with Gasteiger partial charge in [0.2, 0.25) is 11.8 Å². The lowest BCUT2D eigenvalue weighted by atomic mass is 10.0. The van der Waals surface area contributed by atoms with Crippen LogP contribution in [0.15, 0.2) is 0 Å². The smallest absolute Gasteiger partial charge is 0.227 e. The molecule has 0 saturated carbocycles. The van der Waals surface area contributed by atoms with Crippen LogP contribution in [0.4, 0.5) is 0 Å². The first-order chi connectivity index (χ1) is 13.1. The molecule has 3 aliphatic heterocycles. The zero-order valence-corrected chi connectivity index (χ0v) is 19.2. The number of halogens is 2. The van der Waals surface area contributed by atoms with Gasteiger partial charge in [-0.15, -0.1) is 24.8 Å². The third-order valence-electron chi connectivity index (χ3n) is 6.36. The van der Waals surface area contributed by atoms with Gasteiger partial charge in [0.15, 0.2) is 0 Å². The summed E-state index contributed by atoms with van der Waals surface area (Å²) in [7, 11) is 0. The molecule has 29 heavy (non-hydrogen) atoms. The normalized spacial score (nSPS) is 25.8. The monoisotopic (exact) mass is 452 g/mol. The Morgan fingerprint density at radius 1 is 1.17 bits per heavy atom. The lowest BCUT2D eigenvalue weighted by Gasteiger charge is -2.33. The van der Waals surface area contributed by atoms with Gasteiger partial charge in [0.1, 0.15) is 0 Å². The van der Waals surface area contributed by atoms with Gasteiger partial charge in [0.25, 0.3) is 0 Å². The highest BCUT2D eigenvalue weighted by atomic mass is 35.5. The Hall–Kier alpha value is -0.600. The molecule has 170 valence electrons. The number of carbonyl (C=O) groups excluding carboxylic acids is 2. The first-order valence-electron chi connectivity index (χ1n) is 10.7.